The van der Waals surface area contributed by atoms with Crippen LogP contribution in [0.5, 0.6) is 0 Å². The van der Waals surface area contributed by atoms with Crippen LogP contribution in [0.1, 0.15) is 41.3 Å². The van der Waals surface area contributed by atoms with Crippen LogP contribution >= 0.6 is 0 Å². The van der Waals surface area contributed by atoms with Gasteiger partial charge >= 0.3 is 0 Å². The molecule has 1 saturated heterocycles. The zero-order valence-electron chi connectivity index (χ0n) is 16.1. The second-order valence-electron chi connectivity index (χ2n) is 8.06. The largest absolute Gasteiger partial charge is 0.389 e. The summed E-state index contributed by atoms with van der Waals surface area (Å²) in [6, 6.07) is 15.3. The zero-order valence-corrected chi connectivity index (χ0v) is 16.1. The lowest BCUT2D eigenvalue weighted by Gasteiger charge is -2.40. The van der Waals surface area contributed by atoms with Crippen molar-refractivity contribution < 1.29 is 14.7 Å². The molecular weight excluding hydrogens is 352 g/mol. The first-order valence-electron chi connectivity index (χ1n) is 9.91. The van der Waals surface area contributed by atoms with Gasteiger partial charge in [0.25, 0.3) is 0 Å². The molecule has 1 fully saturated rings. The minimum absolute atomic E-state index is 0.0265. The summed E-state index contributed by atoms with van der Waals surface area (Å²) in [4.78, 5) is 26.6. The number of likely N-dealkylation sites (tertiary alicyclic amines) is 1. The number of Topliss-reactive ketones (excluding diaryl/α,β-unsaturated/α-hetero) is 1. The molecule has 2 heterocycles. The Hall–Kier alpha value is -2.50. The summed E-state index contributed by atoms with van der Waals surface area (Å²) >= 11 is 0. The molecule has 2 aromatic carbocycles. The van der Waals surface area contributed by atoms with E-state index in [1.807, 2.05) is 49.4 Å². The summed E-state index contributed by atoms with van der Waals surface area (Å²) in [5, 5.41) is 13.8. The number of carbonyl (C=O) groups excluding carboxylic acids is 2. The second kappa shape index (κ2) is 7.49. The van der Waals surface area contributed by atoms with Gasteiger partial charge in [-0.3, -0.25) is 14.5 Å². The van der Waals surface area contributed by atoms with E-state index >= 15 is 0 Å². The highest BCUT2D eigenvalue weighted by molar-refractivity contribution is 6.03. The maximum atomic E-state index is 13.0. The Balaban J connectivity index is 1.38. The van der Waals surface area contributed by atoms with Gasteiger partial charge in [-0.1, -0.05) is 30.3 Å². The van der Waals surface area contributed by atoms with Crippen LogP contribution in [0.15, 0.2) is 48.5 Å². The molecule has 0 radical (unpaired) electrons. The number of benzene rings is 2. The molecule has 28 heavy (non-hydrogen) atoms. The minimum atomic E-state index is -0.708. The topological polar surface area (TPSA) is 69.6 Å². The molecule has 2 N–H and O–H groups in total. The highest BCUT2D eigenvalue weighted by Gasteiger charge is 2.35. The van der Waals surface area contributed by atoms with Crippen LogP contribution in [0.4, 0.5) is 5.69 Å². The standard InChI is InChI=1S/C23H26N2O3/c1-16(22(27)18-7-8-20-19(13-18)14-21(26)24-20)25-11-9-23(28,10-12-25)15-17-5-3-2-4-6-17/h2-8,13,16,28H,9-12,14-15H2,1H3,(H,24,26). The van der Waals surface area contributed by atoms with Gasteiger partial charge in [-0.2, -0.15) is 0 Å². The van der Waals surface area contributed by atoms with E-state index in [1.54, 1.807) is 6.07 Å². The van der Waals surface area contributed by atoms with Crippen molar-refractivity contribution in [3.05, 3.63) is 65.2 Å². The lowest BCUT2D eigenvalue weighted by Crippen LogP contribution is -2.50. The second-order valence-corrected chi connectivity index (χ2v) is 8.06. The van der Waals surface area contributed by atoms with Crippen LogP contribution < -0.4 is 5.32 Å². The van der Waals surface area contributed by atoms with Gasteiger partial charge in [0.15, 0.2) is 5.78 Å². The van der Waals surface area contributed by atoms with Gasteiger partial charge in [-0.05, 0) is 49.1 Å². The van der Waals surface area contributed by atoms with Gasteiger partial charge in [-0.15, -0.1) is 0 Å². The van der Waals surface area contributed by atoms with E-state index < -0.39 is 5.60 Å². The molecule has 2 aliphatic heterocycles. The van der Waals surface area contributed by atoms with Gasteiger partial charge in [0.1, 0.15) is 0 Å². The summed E-state index contributed by atoms with van der Waals surface area (Å²) in [5.74, 6) is 0.0389. The Kier molecular flexibility index (Phi) is 5.04. The van der Waals surface area contributed by atoms with Crippen LogP contribution in [-0.4, -0.2) is 46.4 Å². The summed E-state index contributed by atoms with van der Waals surface area (Å²) in [6.45, 7) is 3.32. The fourth-order valence-electron chi connectivity index (χ4n) is 4.27. The molecule has 0 bridgehead atoms. The number of nitrogens with one attached hydrogen (secondary N) is 1. The summed E-state index contributed by atoms with van der Waals surface area (Å²) in [5.41, 5.74) is 2.77. The molecule has 0 saturated carbocycles. The fraction of sp³-hybridized carbons (Fsp3) is 0.391. The molecule has 1 unspecified atom stereocenters. The maximum absolute atomic E-state index is 13.0. The fourth-order valence-corrected chi connectivity index (χ4v) is 4.27. The predicted molar refractivity (Wildman–Crippen MR) is 108 cm³/mol. The Morgan fingerprint density at radius 1 is 1.18 bits per heavy atom. The highest BCUT2D eigenvalue weighted by atomic mass is 16.3. The van der Waals surface area contributed by atoms with Crippen molar-refractivity contribution in [2.24, 2.45) is 0 Å². The van der Waals surface area contributed by atoms with Crippen LogP contribution in [0.2, 0.25) is 0 Å². The average molecular weight is 378 g/mol. The zero-order chi connectivity index (χ0) is 19.7. The molecule has 0 aliphatic carbocycles. The van der Waals surface area contributed by atoms with E-state index in [0.29, 0.717) is 44.3 Å². The van der Waals surface area contributed by atoms with Gasteiger partial charge in [-0.25, -0.2) is 0 Å². The molecule has 0 spiro atoms. The van der Waals surface area contributed by atoms with Gasteiger partial charge in [0, 0.05) is 30.8 Å². The number of rotatable bonds is 5. The van der Waals surface area contributed by atoms with E-state index in [9.17, 15) is 14.7 Å². The molecule has 0 aromatic heterocycles. The Morgan fingerprint density at radius 3 is 2.61 bits per heavy atom. The summed E-state index contributed by atoms with van der Waals surface area (Å²) < 4.78 is 0. The van der Waals surface area contributed by atoms with Crippen molar-refractivity contribution in [3.63, 3.8) is 0 Å². The number of piperidine rings is 1. The molecule has 1 amide bonds. The molecule has 2 aromatic rings. The van der Waals surface area contributed by atoms with E-state index in [2.05, 4.69) is 10.2 Å². The smallest absolute Gasteiger partial charge is 0.228 e. The number of hydrogen-bond acceptors (Lipinski definition) is 4. The number of fused-ring (bicyclic) bond motifs is 1. The lowest BCUT2D eigenvalue weighted by atomic mass is 9.84. The number of carbonyl (C=O) groups is 2. The maximum Gasteiger partial charge on any atom is 0.228 e. The van der Waals surface area contributed by atoms with Gasteiger partial charge in [0.2, 0.25) is 5.91 Å². The molecule has 5 nitrogen and oxygen atoms in total. The first kappa shape index (κ1) is 18.8. The molecular formula is C23H26N2O3. The lowest BCUT2D eigenvalue weighted by molar-refractivity contribution is -0.115. The number of nitrogens with zero attached hydrogens (tertiary/aromatic N) is 1. The minimum Gasteiger partial charge on any atom is -0.389 e. The van der Waals surface area contributed by atoms with Crippen LogP contribution in [0.3, 0.4) is 0 Å². The molecule has 146 valence electrons. The summed E-state index contributed by atoms with van der Waals surface area (Å²) in [6.07, 6.45) is 2.29. The van der Waals surface area contributed by atoms with Crippen molar-refractivity contribution in [2.45, 2.75) is 44.2 Å². The first-order chi connectivity index (χ1) is 13.4. The first-order valence-corrected chi connectivity index (χ1v) is 9.91. The van der Waals surface area contributed by atoms with E-state index in [4.69, 9.17) is 0 Å². The third-order valence-corrected chi connectivity index (χ3v) is 6.05. The monoisotopic (exact) mass is 378 g/mol. The van der Waals surface area contributed by atoms with Gasteiger partial charge < -0.3 is 10.4 Å². The van der Waals surface area contributed by atoms with E-state index in [-0.39, 0.29) is 17.7 Å². The quantitative estimate of drug-likeness (QED) is 0.785. The van der Waals surface area contributed by atoms with Gasteiger partial charge in [0.05, 0.1) is 18.1 Å². The van der Waals surface area contributed by atoms with Crippen LogP contribution in [0, 0.1) is 0 Å². The van der Waals surface area contributed by atoms with Crippen molar-refractivity contribution in [1.82, 2.24) is 4.90 Å². The average Bonchev–Trinajstić information content (AvgIpc) is 3.07. The van der Waals surface area contributed by atoms with Crippen LogP contribution in [-0.2, 0) is 17.6 Å². The number of ketones is 1. The van der Waals surface area contributed by atoms with Crippen molar-refractivity contribution in [2.75, 3.05) is 18.4 Å². The van der Waals surface area contributed by atoms with Crippen molar-refractivity contribution in [3.8, 4) is 0 Å². The highest BCUT2D eigenvalue weighted by Crippen LogP contribution is 2.29. The predicted octanol–water partition coefficient (Wildman–Crippen LogP) is 2.82. The normalized spacial score (nSPS) is 19.7. The third-order valence-electron chi connectivity index (χ3n) is 6.05. The summed E-state index contributed by atoms with van der Waals surface area (Å²) in [7, 11) is 0. The molecule has 2 aliphatic rings. The van der Waals surface area contributed by atoms with E-state index in [0.717, 1.165) is 16.8 Å². The van der Waals surface area contributed by atoms with E-state index in [1.165, 1.54) is 0 Å². The third kappa shape index (κ3) is 3.86. The SMILES string of the molecule is CC(C(=O)c1ccc2c(c1)CC(=O)N2)N1CCC(O)(Cc2ccccc2)CC1. The van der Waals surface area contributed by atoms with Crippen molar-refractivity contribution in [1.29, 1.82) is 0 Å². The number of hydrogen-bond donors (Lipinski definition) is 2. The van der Waals surface area contributed by atoms with Crippen LogP contribution in [0.25, 0.3) is 0 Å². The number of aliphatic hydroxyl groups is 1. The Morgan fingerprint density at radius 2 is 1.89 bits per heavy atom. The van der Waals surface area contributed by atoms with Crippen molar-refractivity contribution >= 4 is 17.4 Å². The number of amides is 1. The molecule has 4 rings (SSSR count). The Bertz CT molecular complexity index is 886. The number of anilines is 1. The Labute approximate surface area is 165 Å². The molecule has 5 heteroatoms. The molecule has 1 atom stereocenters.